The lowest BCUT2D eigenvalue weighted by Gasteiger charge is -2.28. The van der Waals surface area contributed by atoms with Crippen molar-refractivity contribution >= 4 is 14.8 Å². The lowest BCUT2D eigenvalue weighted by Crippen LogP contribution is -2.47. The summed E-state index contributed by atoms with van der Waals surface area (Å²) >= 11 is 0. The lowest BCUT2D eigenvalue weighted by atomic mass is 10.5. The van der Waals surface area contributed by atoms with Gasteiger partial charge in [0.25, 0.3) is 0 Å². The van der Waals surface area contributed by atoms with E-state index in [4.69, 9.17) is 13.3 Å². The molecule has 5 heteroatoms. The molecule has 0 fully saturated rings. The minimum absolute atomic E-state index is 0.0335. The van der Waals surface area contributed by atoms with Gasteiger partial charge in [-0.25, -0.2) is 4.79 Å². The maximum atomic E-state index is 11.4. The van der Waals surface area contributed by atoms with Gasteiger partial charge in [0.1, 0.15) is 0 Å². The smallest absolute Gasteiger partial charge is 0.470 e. The molecule has 0 aromatic rings. The topological polar surface area (TPSA) is 44.8 Å². The molecule has 0 heterocycles. The Hall–Kier alpha value is -0.653. The van der Waals surface area contributed by atoms with Crippen LogP contribution < -0.4 is 0 Å². The van der Waals surface area contributed by atoms with Crippen molar-refractivity contribution in [1.82, 2.24) is 0 Å². The Labute approximate surface area is 99.0 Å². The Kier molecular flexibility index (Phi) is 6.55. The highest BCUT2D eigenvalue weighted by Gasteiger charge is 2.40. The van der Waals surface area contributed by atoms with Gasteiger partial charge in [-0.05, 0) is 34.6 Å². The van der Waals surface area contributed by atoms with Crippen molar-refractivity contribution in [3.05, 3.63) is 12.2 Å². The number of hydrogen-bond acceptors (Lipinski definition) is 4. The Morgan fingerprint density at radius 2 is 1.56 bits per heavy atom. The molecule has 94 valence electrons. The summed E-state index contributed by atoms with van der Waals surface area (Å²) in [5, 5.41) is 0. The standard InChI is InChI=1S/C11H22O4Si/c1-7-8-11(12)15-16(6,13-9(2)3)14-10(4)5/h7-10H,1-6H3. The maximum absolute atomic E-state index is 11.4. The van der Waals surface area contributed by atoms with Crippen LogP contribution in [0.4, 0.5) is 0 Å². The van der Waals surface area contributed by atoms with E-state index in [1.165, 1.54) is 6.08 Å². The molecule has 0 aromatic heterocycles. The molecule has 0 unspecified atom stereocenters. The minimum atomic E-state index is -2.88. The summed E-state index contributed by atoms with van der Waals surface area (Å²) in [6.07, 6.45) is 2.92. The SMILES string of the molecule is CC=CC(=O)O[Si](C)(OC(C)C)OC(C)C. The van der Waals surface area contributed by atoms with Gasteiger partial charge < -0.3 is 13.3 Å². The fourth-order valence-electron chi connectivity index (χ4n) is 1.29. The zero-order chi connectivity index (χ0) is 12.8. The molecular weight excluding hydrogens is 224 g/mol. The van der Waals surface area contributed by atoms with Crippen molar-refractivity contribution in [3.63, 3.8) is 0 Å². The summed E-state index contributed by atoms with van der Waals surface area (Å²) in [5.74, 6) is -0.419. The van der Waals surface area contributed by atoms with Crippen LogP contribution in [0.2, 0.25) is 6.55 Å². The number of rotatable bonds is 6. The summed E-state index contributed by atoms with van der Waals surface area (Å²) in [6.45, 7) is 11.0. The van der Waals surface area contributed by atoms with Crippen molar-refractivity contribution in [2.75, 3.05) is 0 Å². The number of carbonyl (C=O) groups excluding carboxylic acids is 1. The van der Waals surface area contributed by atoms with Crippen molar-refractivity contribution in [1.29, 1.82) is 0 Å². The highest BCUT2D eigenvalue weighted by atomic mass is 28.4. The Bertz CT molecular complexity index is 238. The fourth-order valence-corrected chi connectivity index (χ4v) is 3.58. The summed E-state index contributed by atoms with van der Waals surface area (Å²) in [4.78, 5) is 11.4. The monoisotopic (exact) mass is 246 g/mol. The molecule has 0 saturated heterocycles. The second-order valence-corrected chi connectivity index (χ2v) is 6.52. The molecule has 0 saturated carbocycles. The van der Waals surface area contributed by atoms with Gasteiger partial charge in [0, 0.05) is 24.8 Å². The molecule has 0 aliphatic carbocycles. The molecule has 0 atom stereocenters. The molecule has 0 bridgehead atoms. The largest absolute Gasteiger partial charge is 0.565 e. The summed E-state index contributed by atoms with van der Waals surface area (Å²) in [6, 6.07) is 0. The second kappa shape index (κ2) is 6.83. The van der Waals surface area contributed by atoms with Crippen LogP contribution in [0.25, 0.3) is 0 Å². The lowest BCUT2D eigenvalue weighted by molar-refractivity contribution is -0.134. The van der Waals surface area contributed by atoms with E-state index in [1.54, 1.807) is 19.5 Å². The molecule has 0 amide bonds. The van der Waals surface area contributed by atoms with Gasteiger partial charge in [0.15, 0.2) is 0 Å². The highest BCUT2D eigenvalue weighted by Crippen LogP contribution is 2.15. The van der Waals surface area contributed by atoms with E-state index < -0.39 is 14.8 Å². The first-order valence-corrected chi connectivity index (χ1v) is 7.73. The Balaban J connectivity index is 4.58. The quantitative estimate of drug-likeness (QED) is 0.533. The van der Waals surface area contributed by atoms with E-state index in [0.717, 1.165) is 0 Å². The van der Waals surface area contributed by atoms with Crippen LogP contribution >= 0.6 is 0 Å². The van der Waals surface area contributed by atoms with Crippen LogP contribution in [-0.4, -0.2) is 27.0 Å². The van der Waals surface area contributed by atoms with Crippen LogP contribution in [0.15, 0.2) is 12.2 Å². The zero-order valence-corrected chi connectivity index (χ0v) is 11.9. The number of hydrogen-bond donors (Lipinski definition) is 0. The van der Waals surface area contributed by atoms with Gasteiger partial charge in [-0.1, -0.05) is 6.08 Å². The molecule has 16 heavy (non-hydrogen) atoms. The summed E-state index contributed by atoms with van der Waals surface area (Å²) < 4.78 is 16.5. The predicted molar refractivity (Wildman–Crippen MR) is 65.0 cm³/mol. The van der Waals surface area contributed by atoms with E-state index >= 15 is 0 Å². The fraction of sp³-hybridized carbons (Fsp3) is 0.727. The minimum Gasteiger partial charge on any atom is -0.470 e. The Morgan fingerprint density at radius 3 is 1.88 bits per heavy atom. The van der Waals surface area contributed by atoms with E-state index in [0.29, 0.717) is 0 Å². The third kappa shape index (κ3) is 6.76. The zero-order valence-electron chi connectivity index (χ0n) is 10.9. The van der Waals surface area contributed by atoms with Gasteiger partial charge in [0.05, 0.1) is 0 Å². The number of allylic oxidation sites excluding steroid dienone is 1. The molecule has 0 radical (unpaired) electrons. The van der Waals surface area contributed by atoms with Crippen LogP contribution in [0, 0.1) is 0 Å². The molecule has 0 spiro atoms. The van der Waals surface area contributed by atoms with E-state index in [-0.39, 0.29) is 12.2 Å². The molecular formula is C11H22O4Si. The normalized spacial score (nSPS) is 12.8. The molecule has 0 N–H and O–H groups in total. The van der Waals surface area contributed by atoms with Gasteiger partial charge in [-0.3, -0.25) is 0 Å². The van der Waals surface area contributed by atoms with Gasteiger partial charge in [-0.2, -0.15) is 0 Å². The molecule has 4 nitrogen and oxygen atoms in total. The number of carbonyl (C=O) groups is 1. The van der Waals surface area contributed by atoms with Crippen LogP contribution in [0.5, 0.6) is 0 Å². The summed E-state index contributed by atoms with van der Waals surface area (Å²) in [5.41, 5.74) is 0. The molecule has 0 aliphatic heterocycles. The van der Waals surface area contributed by atoms with Gasteiger partial charge >= 0.3 is 14.8 Å². The van der Waals surface area contributed by atoms with Crippen molar-refractivity contribution in [2.24, 2.45) is 0 Å². The van der Waals surface area contributed by atoms with Crippen LogP contribution in [-0.2, 0) is 18.1 Å². The van der Waals surface area contributed by atoms with Crippen LogP contribution in [0.3, 0.4) is 0 Å². The van der Waals surface area contributed by atoms with Gasteiger partial charge in [0.2, 0.25) is 0 Å². The first-order chi connectivity index (χ1) is 7.29. The third-order valence-corrected chi connectivity index (χ3v) is 3.86. The van der Waals surface area contributed by atoms with E-state index in [2.05, 4.69) is 0 Å². The Morgan fingerprint density at radius 1 is 1.12 bits per heavy atom. The molecule has 0 rings (SSSR count). The first kappa shape index (κ1) is 15.3. The average molecular weight is 246 g/mol. The average Bonchev–Trinajstić information content (AvgIpc) is 1.98. The van der Waals surface area contributed by atoms with E-state index in [9.17, 15) is 4.79 Å². The second-order valence-electron chi connectivity index (χ2n) is 4.12. The third-order valence-electron chi connectivity index (χ3n) is 1.49. The van der Waals surface area contributed by atoms with Crippen LogP contribution in [0.1, 0.15) is 34.6 Å². The summed E-state index contributed by atoms with van der Waals surface area (Å²) in [7, 11) is -2.88. The van der Waals surface area contributed by atoms with E-state index in [1.807, 2.05) is 27.7 Å². The molecule has 0 aromatic carbocycles. The molecule has 0 aliphatic rings. The maximum Gasteiger partial charge on any atom is 0.565 e. The van der Waals surface area contributed by atoms with Crippen molar-refractivity contribution in [2.45, 2.75) is 53.4 Å². The van der Waals surface area contributed by atoms with Crippen molar-refractivity contribution in [3.8, 4) is 0 Å². The van der Waals surface area contributed by atoms with Crippen molar-refractivity contribution < 1.29 is 18.1 Å². The predicted octanol–water partition coefficient (Wildman–Crippen LogP) is 2.52. The van der Waals surface area contributed by atoms with Gasteiger partial charge in [-0.15, -0.1) is 0 Å². The first-order valence-electron chi connectivity index (χ1n) is 5.50. The highest BCUT2D eigenvalue weighted by molar-refractivity contribution is 6.61.